The van der Waals surface area contributed by atoms with Gasteiger partial charge in [0.2, 0.25) is 0 Å². The topological polar surface area (TPSA) is 148 Å². The van der Waals surface area contributed by atoms with Crippen molar-refractivity contribution in [3.05, 3.63) is 51.7 Å². The first-order chi connectivity index (χ1) is 12.2. The molecule has 1 heterocycles. The number of carbonyl (C=O) groups is 2. The molecule has 0 bridgehead atoms. The lowest BCUT2D eigenvalue weighted by molar-refractivity contribution is -0.380. The molecule has 0 aliphatic rings. The molecule has 0 spiro atoms. The quantitative estimate of drug-likeness (QED) is 0.465. The van der Waals surface area contributed by atoms with Crippen LogP contribution >= 0.6 is 23.7 Å². The third-order valence-corrected chi connectivity index (χ3v) is 5.12. The molecule has 9 nitrogen and oxygen atoms in total. The zero-order chi connectivity index (χ0) is 19.5. The van der Waals surface area contributed by atoms with Crippen LogP contribution in [0, 0.1) is 16.0 Å². The first-order valence-corrected chi connectivity index (χ1v) is 8.56. The van der Waals surface area contributed by atoms with Crippen LogP contribution in [-0.4, -0.2) is 26.9 Å². The number of aliphatic carboxylic acids is 1. The van der Waals surface area contributed by atoms with Crippen molar-refractivity contribution in [3.8, 4) is 0 Å². The van der Waals surface area contributed by atoms with Crippen LogP contribution in [0.5, 0.6) is 0 Å². The first kappa shape index (κ1) is 22.5. The highest BCUT2D eigenvalue weighted by Gasteiger charge is 2.43. The number of carboxylic acids is 1. The van der Waals surface area contributed by atoms with E-state index in [4.69, 9.17) is 5.73 Å². The van der Waals surface area contributed by atoms with Gasteiger partial charge >= 0.3 is 11.0 Å². The minimum atomic E-state index is -1.75. The number of rotatable bonds is 7. The Morgan fingerprint density at radius 1 is 1.44 bits per heavy atom. The van der Waals surface area contributed by atoms with E-state index in [0.717, 1.165) is 6.20 Å². The molecule has 2 rings (SSSR count). The monoisotopic (exact) mass is 414 g/mol. The molecule has 27 heavy (non-hydrogen) atoms. The minimum absolute atomic E-state index is 0. The maximum absolute atomic E-state index is 12.6. The van der Waals surface area contributed by atoms with Crippen LogP contribution in [0.1, 0.15) is 36.2 Å². The van der Waals surface area contributed by atoms with Crippen LogP contribution in [0.3, 0.4) is 0 Å². The van der Waals surface area contributed by atoms with E-state index in [2.05, 4.69) is 10.3 Å². The lowest BCUT2D eigenvalue weighted by Gasteiger charge is -2.32. The number of anilines is 1. The predicted molar refractivity (Wildman–Crippen MR) is 103 cm³/mol. The van der Waals surface area contributed by atoms with Gasteiger partial charge in [0.15, 0.2) is 5.13 Å². The average molecular weight is 415 g/mol. The number of benzene rings is 1. The molecule has 4 N–H and O–H groups in total. The van der Waals surface area contributed by atoms with Crippen molar-refractivity contribution in [2.24, 2.45) is 11.7 Å². The molecule has 0 fully saturated rings. The number of hydrogen-bond acceptors (Lipinski definition) is 7. The van der Waals surface area contributed by atoms with Gasteiger partial charge in [0.05, 0.1) is 4.92 Å². The minimum Gasteiger partial charge on any atom is -0.480 e. The van der Waals surface area contributed by atoms with Crippen LogP contribution in [0.4, 0.5) is 10.1 Å². The van der Waals surface area contributed by atoms with Gasteiger partial charge in [0.1, 0.15) is 11.7 Å². The van der Waals surface area contributed by atoms with E-state index in [0.29, 0.717) is 17.8 Å². The number of thiazole rings is 1. The highest BCUT2D eigenvalue weighted by atomic mass is 35.5. The second-order valence-corrected chi connectivity index (χ2v) is 6.75. The Morgan fingerprint density at radius 3 is 2.59 bits per heavy atom. The maximum atomic E-state index is 12.6. The number of aromatic nitrogens is 1. The number of amides is 1. The fourth-order valence-electron chi connectivity index (χ4n) is 2.53. The number of nitrogens with two attached hydrogens (primary N) is 1. The molecular weight excluding hydrogens is 396 g/mol. The van der Waals surface area contributed by atoms with Crippen molar-refractivity contribution >= 4 is 45.8 Å². The Kier molecular flexibility index (Phi) is 7.40. The summed E-state index contributed by atoms with van der Waals surface area (Å²) < 4.78 is 0. The number of hydrogen-bond donors (Lipinski definition) is 3. The fraction of sp³-hybridized carbons (Fsp3) is 0.312. The van der Waals surface area contributed by atoms with Gasteiger partial charge in [-0.1, -0.05) is 38.5 Å². The van der Waals surface area contributed by atoms with Gasteiger partial charge in [0.25, 0.3) is 5.91 Å². The number of nitrogens with zero attached hydrogens (tertiary/aromatic N) is 2. The summed E-state index contributed by atoms with van der Waals surface area (Å²) in [7, 11) is 0. The van der Waals surface area contributed by atoms with Crippen LogP contribution in [0.25, 0.3) is 0 Å². The molecule has 0 aliphatic carbocycles. The fourth-order valence-corrected chi connectivity index (χ4v) is 3.15. The SMILES string of the molecule is CC[C@H](C)[C@@](N)(C(=O)O)c1ccccc1C(=O)Nc1ncc([N+](=O)[O-])s1.Cl. The van der Waals surface area contributed by atoms with Gasteiger partial charge in [-0.15, -0.1) is 12.4 Å². The summed E-state index contributed by atoms with van der Waals surface area (Å²) in [4.78, 5) is 38.4. The molecule has 146 valence electrons. The summed E-state index contributed by atoms with van der Waals surface area (Å²) >= 11 is 0.705. The molecule has 0 saturated carbocycles. The van der Waals surface area contributed by atoms with E-state index in [1.54, 1.807) is 19.1 Å². The molecule has 2 atom stereocenters. The summed E-state index contributed by atoms with van der Waals surface area (Å²) in [5.74, 6) is -2.31. The Bertz CT molecular complexity index is 859. The average Bonchev–Trinajstić information content (AvgIpc) is 3.08. The number of carboxylic acid groups (broad SMARTS) is 1. The van der Waals surface area contributed by atoms with E-state index in [1.165, 1.54) is 12.1 Å². The first-order valence-electron chi connectivity index (χ1n) is 7.75. The number of halogens is 1. The summed E-state index contributed by atoms with van der Waals surface area (Å²) in [5, 5.41) is 22.7. The van der Waals surface area contributed by atoms with E-state index in [-0.39, 0.29) is 33.7 Å². The van der Waals surface area contributed by atoms with E-state index in [9.17, 15) is 24.8 Å². The molecule has 0 unspecified atom stereocenters. The molecule has 11 heteroatoms. The summed E-state index contributed by atoms with van der Waals surface area (Å²) in [6, 6.07) is 6.15. The number of nitro groups is 1. The van der Waals surface area contributed by atoms with E-state index < -0.39 is 28.3 Å². The molecular formula is C16H19ClN4O5S. The van der Waals surface area contributed by atoms with Gasteiger partial charge in [-0.3, -0.25) is 20.2 Å². The molecule has 0 aliphatic heterocycles. The summed E-state index contributed by atoms with van der Waals surface area (Å²) in [6.45, 7) is 3.51. The van der Waals surface area contributed by atoms with Crippen molar-refractivity contribution in [3.63, 3.8) is 0 Å². The van der Waals surface area contributed by atoms with Crippen LogP contribution in [0.2, 0.25) is 0 Å². The summed E-state index contributed by atoms with van der Waals surface area (Å²) in [5.41, 5.74) is 4.71. The molecule has 1 aromatic carbocycles. The van der Waals surface area contributed by atoms with Crippen molar-refractivity contribution in [2.45, 2.75) is 25.8 Å². The lowest BCUT2D eigenvalue weighted by atomic mass is 9.76. The Hall–Kier alpha value is -2.56. The third-order valence-electron chi connectivity index (χ3n) is 4.25. The second kappa shape index (κ2) is 8.89. The highest BCUT2D eigenvalue weighted by molar-refractivity contribution is 7.18. The van der Waals surface area contributed by atoms with Crippen molar-refractivity contribution in [2.75, 3.05) is 5.32 Å². The third kappa shape index (κ3) is 4.41. The Labute approximate surface area is 165 Å². The Balaban J connectivity index is 0.00000364. The Morgan fingerprint density at radius 2 is 2.07 bits per heavy atom. The van der Waals surface area contributed by atoms with Gasteiger partial charge in [-0.05, 0) is 28.9 Å². The number of carbonyl (C=O) groups excluding carboxylic acids is 1. The maximum Gasteiger partial charge on any atom is 0.345 e. The molecule has 1 aromatic heterocycles. The van der Waals surface area contributed by atoms with E-state index >= 15 is 0 Å². The van der Waals surface area contributed by atoms with Crippen molar-refractivity contribution < 1.29 is 19.6 Å². The zero-order valence-corrected chi connectivity index (χ0v) is 16.2. The van der Waals surface area contributed by atoms with Gasteiger partial charge < -0.3 is 10.8 Å². The zero-order valence-electron chi connectivity index (χ0n) is 14.5. The highest BCUT2D eigenvalue weighted by Crippen LogP contribution is 2.33. The van der Waals surface area contributed by atoms with Gasteiger partial charge in [0, 0.05) is 5.56 Å². The van der Waals surface area contributed by atoms with Crippen molar-refractivity contribution in [1.82, 2.24) is 4.98 Å². The van der Waals surface area contributed by atoms with Crippen molar-refractivity contribution in [1.29, 1.82) is 0 Å². The largest absolute Gasteiger partial charge is 0.480 e. The lowest BCUT2D eigenvalue weighted by Crippen LogP contribution is -2.51. The molecule has 2 aromatic rings. The predicted octanol–water partition coefficient (Wildman–Crippen LogP) is 3.01. The second-order valence-electron chi connectivity index (χ2n) is 5.74. The number of nitrogens with one attached hydrogen (secondary N) is 1. The van der Waals surface area contributed by atoms with Gasteiger partial charge in [-0.2, -0.15) is 0 Å². The van der Waals surface area contributed by atoms with Gasteiger partial charge in [-0.25, -0.2) is 9.78 Å². The molecule has 1 amide bonds. The normalized spacial score (nSPS) is 13.7. The smallest absolute Gasteiger partial charge is 0.345 e. The van der Waals surface area contributed by atoms with E-state index in [1.807, 2.05) is 6.92 Å². The van der Waals surface area contributed by atoms with Crippen LogP contribution in [0.15, 0.2) is 30.5 Å². The summed E-state index contributed by atoms with van der Waals surface area (Å²) in [6.07, 6.45) is 1.53. The van der Waals surface area contributed by atoms with Crippen LogP contribution < -0.4 is 11.1 Å². The molecule has 0 saturated heterocycles. The van der Waals surface area contributed by atoms with Crippen LogP contribution in [-0.2, 0) is 10.3 Å². The molecule has 0 radical (unpaired) electrons. The standard InChI is InChI=1S/C16H18N4O5S.ClH/c1-3-9(2)16(17,14(22)23)11-7-5-4-6-10(11)13(21)19-15-18-8-12(26-15)20(24)25;/h4-9H,3,17H2,1-2H3,(H,22,23)(H,18,19,21);1H/t9-,16-;/m0./s1.